The molecule has 0 aromatic heterocycles. The Hall–Kier alpha value is -0.340. The third kappa shape index (κ3) is 2.82. The van der Waals surface area contributed by atoms with Crippen LogP contribution in [0.15, 0.2) is 22.7 Å². The molecule has 1 heterocycles. The molecule has 82 valence electrons. The first-order valence-electron chi connectivity index (χ1n) is 5.82. The molecule has 1 saturated heterocycles. The van der Waals surface area contributed by atoms with Gasteiger partial charge in [-0.3, -0.25) is 0 Å². The van der Waals surface area contributed by atoms with Crippen molar-refractivity contribution >= 4 is 15.9 Å². The predicted octanol–water partition coefficient (Wildman–Crippen LogP) is 3.83. The summed E-state index contributed by atoms with van der Waals surface area (Å²) >= 11 is 3.59. The van der Waals surface area contributed by atoms with Crippen molar-refractivity contribution in [2.24, 2.45) is 0 Å². The molecule has 0 amide bonds. The van der Waals surface area contributed by atoms with Crippen molar-refractivity contribution in [3.63, 3.8) is 0 Å². The van der Waals surface area contributed by atoms with Crippen LogP contribution in [0.2, 0.25) is 0 Å². The van der Waals surface area contributed by atoms with Gasteiger partial charge in [-0.1, -0.05) is 35.3 Å². The van der Waals surface area contributed by atoms with Crippen LogP contribution in [0.4, 0.5) is 0 Å². The van der Waals surface area contributed by atoms with Gasteiger partial charge < -0.3 is 5.32 Å². The van der Waals surface area contributed by atoms with Crippen LogP contribution >= 0.6 is 15.9 Å². The van der Waals surface area contributed by atoms with Crippen molar-refractivity contribution in [1.29, 1.82) is 0 Å². The van der Waals surface area contributed by atoms with E-state index in [9.17, 15) is 0 Å². The predicted molar refractivity (Wildman–Crippen MR) is 68.1 cm³/mol. The highest BCUT2D eigenvalue weighted by molar-refractivity contribution is 9.10. The van der Waals surface area contributed by atoms with Crippen LogP contribution in [0, 0.1) is 0 Å². The normalized spacial score (nSPS) is 21.6. The molecule has 0 bridgehead atoms. The summed E-state index contributed by atoms with van der Waals surface area (Å²) < 4.78 is 1.21. The summed E-state index contributed by atoms with van der Waals surface area (Å²) in [5, 5.41) is 3.59. The van der Waals surface area contributed by atoms with Crippen LogP contribution in [0.25, 0.3) is 0 Å². The van der Waals surface area contributed by atoms with Gasteiger partial charge in [0.2, 0.25) is 0 Å². The van der Waals surface area contributed by atoms with Crippen LogP contribution in [0.5, 0.6) is 0 Å². The van der Waals surface area contributed by atoms with Gasteiger partial charge in [-0.2, -0.15) is 0 Å². The number of halogens is 1. The number of nitrogens with one attached hydrogen (secondary N) is 1. The Morgan fingerprint density at radius 1 is 1.33 bits per heavy atom. The second-order valence-electron chi connectivity index (χ2n) is 4.25. The highest BCUT2D eigenvalue weighted by Gasteiger charge is 2.15. The number of rotatable bonds is 2. The number of hydrogen-bond donors (Lipinski definition) is 1. The molecule has 0 aliphatic carbocycles. The second kappa shape index (κ2) is 5.13. The molecule has 1 aliphatic heterocycles. The van der Waals surface area contributed by atoms with E-state index in [-0.39, 0.29) is 0 Å². The molecule has 2 heteroatoms. The van der Waals surface area contributed by atoms with Gasteiger partial charge in [0.15, 0.2) is 0 Å². The fourth-order valence-electron chi connectivity index (χ4n) is 2.22. The first-order chi connectivity index (χ1) is 7.29. The maximum atomic E-state index is 3.59. The zero-order chi connectivity index (χ0) is 10.7. The number of aryl methyl sites for hydroxylation is 1. The molecule has 1 aliphatic rings. The van der Waals surface area contributed by atoms with Gasteiger partial charge in [0.1, 0.15) is 0 Å². The largest absolute Gasteiger partial charge is 0.310 e. The quantitative estimate of drug-likeness (QED) is 0.859. The lowest BCUT2D eigenvalue weighted by atomic mass is 9.96. The van der Waals surface area contributed by atoms with Crippen molar-refractivity contribution in [3.05, 3.63) is 33.8 Å². The van der Waals surface area contributed by atoms with Gasteiger partial charge in [-0.05, 0) is 49.1 Å². The summed E-state index contributed by atoms with van der Waals surface area (Å²) in [6.07, 6.45) is 5.07. The molecule has 15 heavy (non-hydrogen) atoms. The molecule has 1 N–H and O–H groups in total. The van der Waals surface area contributed by atoms with E-state index in [0.29, 0.717) is 6.04 Å². The lowest BCUT2D eigenvalue weighted by Gasteiger charge is -2.24. The van der Waals surface area contributed by atoms with Crippen molar-refractivity contribution in [2.75, 3.05) is 6.54 Å². The molecular formula is C13H18BrN. The number of benzene rings is 1. The van der Waals surface area contributed by atoms with Crippen LogP contribution < -0.4 is 5.32 Å². The number of hydrogen-bond acceptors (Lipinski definition) is 1. The zero-order valence-electron chi connectivity index (χ0n) is 9.22. The number of piperidine rings is 1. The molecule has 0 spiro atoms. The molecule has 1 aromatic carbocycles. The molecule has 0 radical (unpaired) electrons. The SMILES string of the molecule is CCc1cc(Br)cc(C2CCCCN2)c1. The first kappa shape index (κ1) is 11.2. The van der Waals surface area contributed by atoms with Crippen molar-refractivity contribution in [1.82, 2.24) is 5.32 Å². The summed E-state index contributed by atoms with van der Waals surface area (Å²) in [5.41, 5.74) is 2.87. The summed E-state index contributed by atoms with van der Waals surface area (Å²) in [7, 11) is 0. The van der Waals surface area contributed by atoms with Gasteiger partial charge in [0.25, 0.3) is 0 Å². The third-order valence-corrected chi connectivity index (χ3v) is 3.56. The van der Waals surface area contributed by atoms with Crippen LogP contribution in [-0.4, -0.2) is 6.54 Å². The zero-order valence-corrected chi connectivity index (χ0v) is 10.8. The van der Waals surface area contributed by atoms with Crippen LogP contribution in [0.1, 0.15) is 43.4 Å². The molecule has 0 saturated carbocycles. The smallest absolute Gasteiger partial charge is 0.0320 e. The molecule has 1 unspecified atom stereocenters. The highest BCUT2D eigenvalue weighted by atomic mass is 79.9. The average molecular weight is 268 g/mol. The Morgan fingerprint density at radius 2 is 2.20 bits per heavy atom. The standard InChI is InChI=1S/C13H18BrN/c1-2-10-7-11(9-12(14)8-10)13-5-3-4-6-15-13/h7-9,13,15H,2-6H2,1H3. The van der Waals surface area contributed by atoms with Gasteiger partial charge >= 0.3 is 0 Å². The Balaban J connectivity index is 2.22. The van der Waals surface area contributed by atoms with Crippen LogP contribution in [0.3, 0.4) is 0 Å². The van der Waals surface area contributed by atoms with E-state index in [2.05, 4.69) is 46.4 Å². The third-order valence-electron chi connectivity index (χ3n) is 3.10. The Bertz CT molecular complexity index is 329. The fourth-order valence-corrected chi connectivity index (χ4v) is 2.78. The van der Waals surface area contributed by atoms with Crippen molar-refractivity contribution in [3.8, 4) is 0 Å². The molecule has 1 aromatic rings. The monoisotopic (exact) mass is 267 g/mol. The second-order valence-corrected chi connectivity index (χ2v) is 5.16. The van der Waals surface area contributed by atoms with Crippen molar-refractivity contribution in [2.45, 2.75) is 38.6 Å². The Kier molecular flexibility index (Phi) is 3.81. The van der Waals surface area contributed by atoms with Gasteiger partial charge in [-0.25, -0.2) is 0 Å². The minimum absolute atomic E-state index is 0.571. The maximum absolute atomic E-state index is 3.59. The summed E-state index contributed by atoms with van der Waals surface area (Å²) in [4.78, 5) is 0. The molecule has 1 nitrogen and oxygen atoms in total. The Morgan fingerprint density at radius 3 is 2.87 bits per heavy atom. The summed E-state index contributed by atoms with van der Waals surface area (Å²) in [6, 6.07) is 7.38. The van der Waals surface area contributed by atoms with E-state index in [0.717, 1.165) is 6.42 Å². The fraction of sp³-hybridized carbons (Fsp3) is 0.538. The van der Waals surface area contributed by atoms with E-state index in [1.54, 1.807) is 0 Å². The van der Waals surface area contributed by atoms with E-state index in [4.69, 9.17) is 0 Å². The topological polar surface area (TPSA) is 12.0 Å². The molecular weight excluding hydrogens is 250 g/mol. The first-order valence-corrected chi connectivity index (χ1v) is 6.61. The minimum Gasteiger partial charge on any atom is -0.310 e. The van der Waals surface area contributed by atoms with E-state index < -0.39 is 0 Å². The maximum Gasteiger partial charge on any atom is 0.0320 e. The highest BCUT2D eigenvalue weighted by Crippen LogP contribution is 2.26. The molecule has 1 atom stereocenters. The van der Waals surface area contributed by atoms with Crippen molar-refractivity contribution < 1.29 is 0 Å². The van der Waals surface area contributed by atoms with E-state index in [1.807, 2.05) is 0 Å². The lowest BCUT2D eigenvalue weighted by Crippen LogP contribution is -2.26. The van der Waals surface area contributed by atoms with Gasteiger partial charge in [0, 0.05) is 10.5 Å². The minimum atomic E-state index is 0.571. The lowest BCUT2D eigenvalue weighted by molar-refractivity contribution is 0.412. The van der Waals surface area contributed by atoms with Gasteiger partial charge in [0.05, 0.1) is 0 Å². The average Bonchev–Trinajstić information content (AvgIpc) is 2.29. The van der Waals surface area contributed by atoms with E-state index in [1.165, 1.54) is 41.4 Å². The summed E-state index contributed by atoms with van der Waals surface area (Å²) in [5.74, 6) is 0. The van der Waals surface area contributed by atoms with Gasteiger partial charge in [-0.15, -0.1) is 0 Å². The van der Waals surface area contributed by atoms with E-state index >= 15 is 0 Å². The molecule has 1 fully saturated rings. The molecule has 2 rings (SSSR count). The Labute approximate surface area is 100 Å². The van der Waals surface area contributed by atoms with Crippen LogP contribution in [-0.2, 0) is 6.42 Å². The summed E-state index contributed by atoms with van der Waals surface area (Å²) in [6.45, 7) is 3.37.